The van der Waals surface area contributed by atoms with Crippen LogP contribution in [0, 0.1) is 0 Å². The fourth-order valence-electron chi connectivity index (χ4n) is 2.29. The van der Waals surface area contributed by atoms with E-state index in [9.17, 15) is 4.79 Å². The van der Waals surface area contributed by atoms with Gasteiger partial charge in [-0.1, -0.05) is 24.3 Å². The van der Waals surface area contributed by atoms with Gasteiger partial charge in [0, 0.05) is 17.5 Å². The molecule has 0 aromatic heterocycles. The van der Waals surface area contributed by atoms with Crippen LogP contribution in [0.15, 0.2) is 24.3 Å². The van der Waals surface area contributed by atoms with Crippen LogP contribution in [0.25, 0.3) is 0 Å². The molecule has 1 aromatic rings. The summed E-state index contributed by atoms with van der Waals surface area (Å²) in [6.45, 7) is 2.21. The van der Waals surface area contributed by atoms with Crippen LogP contribution in [0.4, 0.5) is 0 Å². The summed E-state index contributed by atoms with van der Waals surface area (Å²) < 4.78 is 0. The predicted octanol–water partition coefficient (Wildman–Crippen LogP) is 2.44. The first-order chi connectivity index (χ1) is 7.05. The molecule has 0 radical (unpaired) electrons. The molecule has 0 amide bonds. The van der Waals surface area contributed by atoms with E-state index in [0.717, 1.165) is 12.0 Å². The van der Waals surface area contributed by atoms with Crippen molar-refractivity contribution < 1.29 is 4.79 Å². The van der Waals surface area contributed by atoms with Crippen LogP contribution in [0.1, 0.15) is 35.7 Å². The zero-order valence-electron chi connectivity index (χ0n) is 9.58. The van der Waals surface area contributed by atoms with E-state index in [2.05, 4.69) is 32.0 Å². The molecule has 1 aliphatic rings. The zero-order chi connectivity index (χ0) is 11.1. The molecular weight excluding hydrogens is 186 g/mol. The van der Waals surface area contributed by atoms with Gasteiger partial charge < -0.3 is 0 Å². The van der Waals surface area contributed by atoms with E-state index in [1.165, 1.54) is 5.56 Å². The van der Waals surface area contributed by atoms with E-state index in [1.54, 1.807) is 0 Å². The van der Waals surface area contributed by atoms with Gasteiger partial charge in [-0.05, 0) is 33.0 Å². The summed E-state index contributed by atoms with van der Waals surface area (Å²) in [5.74, 6) is 0.282. The molecule has 0 fully saturated rings. The number of carbonyl (C=O) groups excluding carboxylic acids is 1. The third kappa shape index (κ3) is 1.49. The molecule has 80 valence electrons. The molecule has 0 heterocycles. The molecule has 0 saturated heterocycles. The quantitative estimate of drug-likeness (QED) is 0.698. The standard InChI is InChI=1S/C13H17NO/c1-13(14(2)3)9-8-12(15)10-6-4-5-7-11(10)13/h4-7H,8-9H2,1-3H3. The summed E-state index contributed by atoms with van der Waals surface area (Å²) in [6.07, 6.45) is 1.57. The highest BCUT2D eigenvalue weighted by Gasteiger charge is 2.36. The Morgan fingerprint density at radius 2 is 1.93 bits per heavy atom. The minimum Gasteiger partial charge on any atom is -0.300 e. The van der Waals surface area contributed by atoms with Gasteiger partial charge in [-0.2, -0.15) is 0 Å². The fraction of sp³-hybridized carbons (Fsp3) is 0.462. The van der Waals surface area contributed by atoms with Crippen molar-refractivity contribution in [1.82, 2.24) is 4.90 Å². The summed E-state index contributed by atoms with van der Waals surface area (Å²) in [4.78, 5) is 14.0. The number of Topliss-reactive ketones (excluding diaryl/α,β-unsaturated/α-hetero) is 1. The van der Waals surface area contributed by atoms with Crippen LogP contribution >= 0.6 is 0 Å². The van der Waals surface area contributed by atoms with Gasteiger partial charge in [0.1, 0.15) is 0 Å². The smallest absolute Gasteiger partial charge is 0.163 e. The van der Waals surface area contributed by atoms with Gasteiger partial charge in [0.05, 0.1) is 0 Å². The van der Waals surface area contributed by atoms with E-state index < -0.39 is 0 Å². The second-order valence-electron chi connectivity index (χ2n) is 4.64. The van der Waals surface area contributed by atoms with Crippen LogP contribution in [-0.2, 0) is 5.54 Å². The number of carbonyl (C=O) groups is 1. The maximum atomic E-state index is 11.8. The Morgan fingerprint density at radius 1 is 1.27 bits per heavy atom. The van der Waals surface area contributed by atoms with Crippen LogP contribution in [-0.4, -0.2) is 24.8 Å². The summed E-state index contributed by atoms with van der Waals surface area (Å²) in [5, 5.41) is 0. The number of hydrogen-bond acceptors (Lipinski definition) is 2. The van der Waals surface area contributed by atoms with E-state index in [0.29, 0.717) is 6.42 Å². The van der Waals surface area contributed by atoms with E-state index in [1.807, 2.05) is 18.2 Å². The molecule has 1 unspecified atom stereocenters. The highest BCUT2D eigenvalue weighted by Crippen LogP contribution is 2.38. The number of hydrogen-bond donors (Lipinski definition) is 0. The van der Waals surface area contributed by atoms with E-state index in [4.69, 9.17) is 0 Å². The van der Waals surface area contributed by atoms with Crippen molar-refractivity contribution in [1.29, 1.82) is 0 Å². The maximum absolute atomic E-state index is 11.8. The van der Waals surface area contributed by atoms with Gasteiger partial charge in [-0.25, -0.2) is 0 Å². The lowest BCUT2D eigenvalue weighted by Gasteiger charge is -2.40. The molecule has 1 atom stereocenters. The number of rotatable bonds is 1. The molecule has 0 bridgehead atoms. The Kier molecular flexibility index (Phi) is 2.39. The van der Waals surface area contributed by atoms with Crippen molar-refractivity contribution in [3.63, 3.8) is 0 Å². The van der Waals surface area contributed by atoms with Gasteiger partial charge in [0.15, 0.2) is 5.78 Å². The number of ketones is 1. The number of nitrogens with zero attached hydrogens (tertiary/aromatic N) is 1. The van der Waals surface area contributed by atoms with Crippen LogP contribution in [0.5, 0.6) is 0 Å². The van der Waals surface area contributed by atoms with Crippen LogP contribution < -0.4 is 0 Å². The SMILES string of the molecule is CN(C)C1(C)CCC(=O)c2ccccc21. The molecule has 0 spiro atoms. The molecule has 0 aliphatic heterocycles. The minimum atomic E-state index is 0.00447. The van der Waals surface area contributed by atoms with Crippen molar-refractivity contribution in [2.45, 2.75) is 25.3 Å². The van der Waals surface area contributed by atoms with Gasteiger partial charge in [0.25, 0.3) is 0 Å². The summed E-state index contributed by atoms with van der Waals surface area (Å²) in [7, 11) is 4.15. The third-order valence-electron chi connectivity index (χ3n) is 3.63. The Balaban J connectivity index is 2.58. The zero-order valence-corrected chi connectivity index (χ0v) is 9.58. The van der Waals surface area contributed by atoms with Gasteiger partial charge >= 0.3 is 0 Å². The van der Waals surface area contributed by atoms with Crippen LogP contribution in [0.2, 0.25) is 0 Å². The molecule has 1 aromatic carbocycles. The van der Waals surface area contributed by atoms with Gasteiger partial charge in [0.2, 0.25) is 0 Å². The summed E-state index contributed by atoms with van der Waals surface area (Å²) in [5.41, 5.74) is 2.08. The Morgan fingerprint density at radius 3 is 2.60 bits per heavy atom. The molecule has 2 rings (SSSR count). The second-order valence-corrected chi connectivity index (χ2v) is 4.64. The second kappa shape index (κ2) is 3.46. The Hall–Kier alpha value is -1.15. The molecule has 0 N–H and O–H groups in total. The molecule has 2 nitrogen and oxygen atoms in total. The summed E-state index contributed by atoms with van der Waals surface area (Å²) in [6, 6.07) is 7.97. The monoisotopic (exact) mass is 203 g/mol. The Labute approximate surface area is 90.9 Å². The lowest BCUT2D eigenvalue weighted by molar-refractivity contribution is 0.0878. The van der Waals surface area contributed by atoms with E-state index >= 15 is 0 Å². The van der Waals surface area contributed by atoms with Crippen molar-refractivity contribution in [3.8, 4) is 0 Å². The van der Waals surface area contributed by atoms with Crippen molar-refractivity contribution in [3.05, 3.63) is 35.4 Å². The van der Waals surface area contributed by atoms with Crippen molar-refractivity contribution in [2.75, 3.05) is 14.1 Å². The molecule has 2 heteroatoms. The summed E-state index contributed by atoms with van der Waals surface area (Å²) >= 11 is 0. The normalized spacial score (nSPS) is 25.5. The number of fused-ring (bicyclic) bond motifs is 1. The maximum Gasteiger partial charge on any atom is 0.163 e. The minimum absolute atomic E-state index is 0.00447. The van der Waals surface area contributed by atoms with Gasteiger partial charge in [-0.3, -0.25) is 9.69 Å². The first kappa shape index (κ1) is 10.4. The molecular formula is C13H17NO. The lowest BCUT2D eigenvalue weighted by atomic mass is 9.76. The fourth-order valence-corrected chi connectivity index (χ4v) is 2.29. The highest BCUT2D eigenvalue weighted by molar-refractivity contribution is 5.99. The molecule has 1 aliphatic carbocycles. The predicted molar refractivity (Wildman–Crippen MR) is 61.0 cm³/mol. The number of benzene rings is 1. The first-order valence-electron chi connectivity index (χ1n) is 5.36. The average Bonchev–Trinajstić information content (AvgIpc) is 2.24. The third-order valence-corrected chi connectivity index (χ3v) is 3.63. The van der Waals surface area contributed by atoms with Crippen molar-refractivity contribution in [2.24, 2.45) is 0 Å². The largest absolute Gasteiger partial charge is 0.300 e. The van der Waals surface area contributed by atoms with Crippen molar-refractivity contribution >= 4 is 5.78 Å². The molecule has 0 saturated carbocycles. The molecule has 15 heavy (non-hydrogen) atoms. The first-order valence-corrected chi connectivity index (χ1v) is 5.36. The highest BCUT2D eigenvalue weighted by atomic mass is 16.1. The van der Waals surface area contributed by atoms with Crippen LogP contribution in [0.3, 0.4) is 0 Å². The lowest BCUT2D eigenvalue weighted by Crippen LogP contribution is -2.42. The Bertz CT molecular complexity index is 397. The average molecular weight is 203 g/mol. The topological polar surface area (TPSA) is 20.3 Å². The van der Waals surface area contributed by atoms with E-state index in [-0.39, 0.29) is 11.3 Å². The van der Waals surface area contributed by atoms with Gasteiger partial charge in [-0.15, -0.1) is 0 Å².